The third-order valence-electron chi connectivity index (χ3n) is 4.49. The first kappa shape index (κ1) is 17.6. The van der Waals surface area contributed by atoms with Crippen molar-refractivity contribution >= 4 is 39.1 Å². The van der Waals surface area contributed by atoms with Gasteiger partial charge in [-0.15, -0.1) is 0 Å². The van der Waals surface area contributed by atoms with Crippen LogP contribution in [-0.4, -0.2) is 35.4 Å². The fourth-order valence-electron chi connectivity index (χ4n) is 3.09. The Morgan fingerprint density at radius 2 is 2.04 bits per heavy atom. The van der Waals surface area contributed by atoms with E-state index in [9.17, 15) is 9.59 Å². The van der Waals surface area contributed by atoms with Crippen molar-refractivity contribution in [3.63, 3.8) is 0 Å². The molecule has 0 bridgehead atoms. The van der Waals surface area contributed by atoms with Crippen molar-refractivity contribution < 1.29 is 14.3 Å². The van der Waals surface area contributed by atoms with Gasteiger partial charge in [0, 0.05) is 29.8 Å². The SMILES string of the molecule is O=C(NC[C@@H]1CCCO1)c1cccc(NC(=O)c2nsc3ccccc23)c1. The van der Waals surface area contributed by atoms with Crippen LogP contribution in [0.3, 0.4) is 0 Å². The third kappa shape index (κ3) is 3.99. The van der Waals surface area contributed by atoms with Crippen LogP contribution in [0.1, 0.15) is 33.7 Å². The number of ether oxygens (including phenoxy) is 1. The first-order valence-electron chi connectivity index (χ1n) is 8.86. The van der Waals surface area contributed by atoms with E-state index >= 15 is 0 Å². The largest absolute Gasteiger partial charge is 0.376 e. The summed E-state index contributed by atoms with van der Waals surface area (Å²) < 4.78 is 10.7. The summed E-state index contributed by atoms with van der Waals surface area (Å²) in [6.07, 6.45) is 2.10. The highest BCUT2D eigenvalue weighted by Crippen LogP contribution is 2.23. The molecule has 7 heteroatoms. The lowest BCUT2D eigenvalue weighted by atomic mass is 10.1. The molecule has 1 aliphatic rings. The first-order chi connectivity index (χ1) is 13.2. The number of nitrogens with zero attached hydrogens (tertiary/aromatic N) is 1. The van der Waals surface area contributed by atoms with Gasteiger partial charge in [0.25, 0.3) is 11.8 Å². The molecule has 4 rings (SSSR count). The maximum atomic E-state index is 12.6. The number of fused-ring (bicyclic) bond motifs is 1. The molecule has 3 aromatic rings. The molecule has 0 unspecified atom stereocenters. The lowest BCUT2D eigenvalue weighted by Gasteiger charge is -2.11. The summed E-state index contributed by atoms with van der Waals surface area (Å²) in [6.45, 7) is 1.26. The summed E-state index contributed by atoms with van der Waals surface area (Å²) in [5, 5.41) is 6.54. The average molecular weight is 381 g/mol. The molecule has 0 saturated carbocycles. The van der Waals surface area contributed by atoms with Crippen LogP contribution in [0.25, 0.3) is 10.1 Å². The van der Waals surface area contributed by atoms with Crippen LogP contribution in [0.15, 0.2) is 48.5 Å². The number of amides is 2. The molecule has 1 fully saturated rings. The van der Waals surface area contributed by atoms with Crippen molar-refractivity contribution in [3.8, 4) is 0 Å². The van der Waals surface area contributed by atoms with Crippen molar-refractivity contribution in [3.05, 3.63) is 59.8 Å². The van der Waals surface area contributed by atoms with Crippen LogP contribution < -0.4 is 10.6 Å². The van der Waals surface area contributed by atoms with Crippen LogP contribution in [-0.2, 0) is 4.74 Å². The highest BCUT2D eigenvalue weighted by atomic mass is 32.1. The van der Waals surface area contributed by atoms with Crippen LogP contribution in [0.2, 0.25) is 0 Å². The van der Waals surface area contributed by atoms with Gasteiger partial charge in [-0.05, 0) is 48.6 Å². The second kappa shape index (κ2) is 7.85. The summed E-state index contributed by atoms with van der Waals surface area (Å²) in [4.78, 5) is 24.9. The van der Waals surface area contributed by atoms with Gasteiger partial charge < -0.3 is 15.4 Å². The maximum Gasteiger partial charge on any atom is 0.276 e. The number of hydrogen-bond acceptors (Lipinski definition) is 5. The number of carbonyl (C=O) groups is 2. The van der Waals surface area contributed by atoms with E-state index in [1.54, 1.807) is 24.3 Å². The predicted octanol–water partition coefficient (Wildman–Crippen LogP) is 3.46. The number of anilines is 1. The molecule has 2 amide bonds. The van der Waals surface area contributed by atoms with E-state index in [0.29, 0.717) is 23.5 Å². The van der Waals surface area contributed by atoms with Crippen molar-refractivity contribution in [2.75, 3.05) is 18.5 Å². The summed E-state index contributed by atoms with van der Waals surface area (Å²) in [7, 11) is 0. The Labute approximate surface area is 160 Å². The number of carbonyl (C=O) groups excluding carboxylic acids is 2. The lowest BCUT2D eigenvalue weighted by Crippen LogP contribution is -2.31. The zero-order valence-corrected chi connectivity index (χ0v) is 15.4. The molecule has 1 saturated heterocycles. The van der Waals surface area contributed by atoms with Gasteiger partial charge in [0.05, 0.1) is 10.8 Å². The topological polar surface area (TPSA) is 80.3 Å². The van der Waals surface area contributed by atoms with Gasteiger partial charge in [-0.25, -0.2) is 0 Å². The van der Waals surface area contributed by atoms with Crippen LogP contribution in [0.5, 0.6) is 0 Å². The Balaban J connectivity index is 1.44. The van der Waals surface area contributed by atoms with E-state index in [4.69, 9.17) is 4.74 Å². The molecular formula is C20H19N3O3S. The van der Waals surface area contributed by atoms with Crippen LogP contribution in [0, 0.1) is 0 Å². The Morgan fingerprint density at radius 1 is 1.15 bits per heavy atom. The zero-order chi connectivity index (χ0) is 18.6. The van der Waals surface area contributed by atoms with E-state index in [0.717, 1.165) is 29.5 Å². The fourth-order valence-corrected chi connectivity index (χ4v) is 3.87. The molecule has 1 atom stereocenters. The minimum absolute atomic E-state index is 0.0924. The summed E-state index contributed by atoms with van der Waals surface area (Å²) in [6, 6.07) is 14.5. The molecule has 2 N–H and O–H groups in total. The highest BCUT2D eigenvalue weighted by Gasteiger charge is 2.18. The van der Waals surface area contributed by atoms with Gasteiger partial charge in [0.15, 0.2) is 0 Å². The number of hydrogen-bond donors (Lipinski definition) is 2. The second-order valence-corrected chi connectivity index (χ2v) is 7.21. The Bertz CT molecular complexity index is 979. The van der Waals surface area contributed by atoms with Crippen molar-refractivity contribution in [1.29, 1.82) is 0 Å². The molecule has 138 valence electrons. The molecule has 2 aromatic carbocycles. The number of aromatic nitrogens is 1. The van der Waals surface area contributed by atoms with Crippen molar-refractivity contribution in [2.24, 2.45) is 0 Å². The molecule has 0 aliphatic carbocycles. The average Bonchev–Trinajstić information content (AvgIpc) is 3.36. The molecule has 27 heavy (non-hydrogen) atoms. The highest BCUT2D eigenvalue weighted by molar-refractivity contribution is 7.13. The van der Waals surface area contributed by atoms with E-state index in [2.05, 4.69) is 15.0 Å². The molecule has 1 aromatic heterocycles. The summed E-state index contributed by atoms with van der Waals surface area (Å²) >= 11 is 1.29. The molecule has 0 radical (unpaired) electrons. The summed E-state index contributed by atoms with van der Waals surface area (Å²) in [5.41, 5.74) is 1.44. The van der Waals surface area contributed by atoms with Gasteiger partial charge >= 0.3 is 0 Å². The molecule has 0 spiro atoms. The Hall–Kier alpha value is -2.77. The Kier molecular flexibility index (Phi) is 5.13. The quantitative estimate of drug-likeness (QED) is 0.709. The van der Waals surface area contributed by atoms with Gasteiger partial charge in [-0.3, -0.25) is 9.59 Å². The number of nitrogens with one attached hydrogen (secondary N) is 2. The minimum Gasteiger partial charge on any atom is -0.376 e. The Morgan fingerprint density at radius 3 is 2.89 bits per heavy atom. The molecule has 1 aliphatic heterocycles. The second-order valence-electron chi connectivity index (χ2n) is 6.41. The monoisotopic (exact) mass is 381 g/mol. The zero-order valence-electron chi connectivity index (χ0n) is 14.6. The normalized spacial score (nSPS) is 16.4. The van der Waals surface area contributed by atoms with Gasteiger partial charge in [0.1, 0.15) is 5.69 Å². The summed E-state index contributed by atoms with van der Waals surface area (Å²) in [5.74, 6) is -0.468. The maximum absolute atomic E-state index is 12.6. The molecule has 6 nitrogen and oxygen atoms in total. The standard InChI is InChI=1S/C20H19N3O3S/c24-19(21-12-15-7-4-10-26-15)13-5-3-6-14(11-13)22-20(25)18-16-8-1-2-9-17(16)27-23-18/h1-3,5-6,8-9,11,15H,4,7,10,12H2,(H,21,24)(H,22,25)/t15-/m0/s1. The van der Waals surface area contributed by atoms with E-state index in [1.807, 2.05) is 24.3 Å². The smallest absolute Gasteiger partial charge is 0.276 e. The predicted molar refractivity (Wildman–Crippen MR) is 105 cm³/mol. The minimum atomic E-state index is -0.288. The molecule has 2 heterocycles. The van der Waals surface area contributed by atoms with Gasteiger partial charge in [-0.2, -0.15) is 4.37 Å². The van der Waals surface area contributed by atoms with E-state index in [-0.39, 0.29) is 17.9 Å². The van der Waals surface area contributed by atoms with Crippen molar-refractivity contribution in [2.45, 2.75) is 18.9 Å². The third-order valence-corrected chi connectivity index (χ3v) is 5.32. The number of benzene rings is 2. The van der Waals surface area contributed by atoms with Crippen molar-refractivity contribution in [1.82, 2.24) is 9.69 Å². The van der Waals surface area contributed by atoms with Gasteiger partial charge in [-0.1, -0.05) is 24.3 Å². The molecular weight excluding hydrogens is 362 g/mol. The number of rotatable bonds is 5. The van der Waals surface area contributed by atoms with Crippen LogP contribution in [0.4, 0.5) is 5.69 Å². The van der Waals surface area contributed by atoms with Crippen LogP contribution >= 0.6 is 11.5 Å². The van der Waals surface area contributed by atoms with Gasteiger partial charge in [0.2, 0.25) is 0 Å². The van der Waals surface area contributed by atoms with E-state index < -0.39 is 0 Å². The van der Waals surface area contributed by atoms with E-state index in [1.165, 1.54) is 11.5 Å². The fraction of sp³-hybridized carbons (Fsp3) is 0.250. The lowest BCUT2D eigenvalue weighted by molar-refractivity contribution is 0.0857. The first-order valence-corrected chi connectivity index (χ1v) is 9.64.